The normalized spacial score (nSPS) is 10.2. The van der Waals surface area contributed by atoms with E-state index in [1.165, 1.54) is 12.4 Å². The van der Waals surface area contributed by atoms with Crippen LogP contribution in [-0.4, -0.2) is 28.0 Å². The summed E-state index contributed by atoms with van der Waals surface area (Å²) in [6.45, 7) is 2.54. The molecule has 0 unspecified atom stereocenters. The van der Waals surface area contributed by atoms with Crippen molar-refractivity contribution < 1.29 is 9.53 Å². The van der Waals surface area contributed by atoms with Crippen LogP contribution in [0, 0.1) is 6.92 Å². The molecule has 0 bridgehead atoms. The molecule has 0 aliphatic rings. The molecule has 1 amide bonds. The second kappa shape index (κ2) is 8.06. The van der Waals surface area contributed by atoms with Gasteiger partial charge in [0.2, 0.25) is 0 Å². The molecule has 3 rings (SSSR count). The lowest BCUT2D eigenvalue weighted by Crippen LogP contribution is -2.15. The van der Waals surface area contributed by atoms with E-state index in [1.807, 2.05) is 37.3 Å². The van der Waals surface area contributed by atoms with Crippen LogP contribution in [0.4, 0.5) is 11.5 Å². The molecule has 0 aliphatic heterocycles. The standard InChI is InChI=1S/C19H19N5O2/c1-13-3-4-17(26-2)15(9-13)24-19(25)16-11-23-18(12-21-16)22-10-14-5-7-20-8-6-14/h3-9,11-12H,10H2,1-2H3,(H,22,23)(H,24,25). The Bertz CT molecular complexity index is 882. The number of carbonyl (C=O) groups excluding carboxylic acids is 1. The third kappa shape index (κ3) is 4.32. The van der Waals surface area contributed by atoms with Gasteiger partial charge in [0.1, 0.15) is 17.3 Å². The zero-order chi connectivity index (χ0) is 18.4. The number of nitrogens with zero attached hydrogens (tertiary/aromatic N) is 3. The lowest BCUT2D eigenvalue weighted by Gasteiger charge is -2.11. The Morgan fingerprint density at radius 3 is 2.62 bits per heavy atom. The molecule has 0 spiro atoms. The van der Waals surface area contributed by atoms with Gasteiger partial charge in [-0.3, -0.25) is 9.78 Å². The van der Waals surface area contributed by atoms with Crippen molar-refractivity contribution in [1.29, 1.82) is 0 Å². The van der Waals surface area contributed by atoms with Crippen molar-refractivity contribution >= 4 is 17.4 Å². The van der Waals surface area contributed by atoms with E-state index >= 15 is 0 Å². The van der Waals surface area contributed by atoms with E-state index in [9.17, 15) is 4.79 Å². The Labute approximate surface area is 151 Å². The molecule has 0 atom stereocenters. The largest absolute Gasteiger partial charge is 0.495 e. The second-order valence-electron chi connectivity index (χ2n) is 5.65. The van der Waals surface area contributed by atoms with Gasteiger partial charge in [-0.1, -0.05) is 6.07 Å². The van der Waals surface area contributed by atoms with Gasteiger partial charge < -0.3 is 15.4 Å². The molecule has 2 N–H and O–H groups in total. The number of methoxy groups -OCH3 is 1. The maximum Gasteiger partial charge on any atom is 0.275 e. The van der Waals surface area contributed by atoms with Crippen LogP contribution in [0.15, 0.2) is 55.1 Å². The molecule has 26 heavy (non-hydrogen) atoms. The number of carbonyl (C=O) groups is 1. The minimum Gasteiger partial charge on any atom is -0.495 e. The number of hydrogen-bond donors (Lipinski definition) is 2. The van der Waals surface area contributed by atoms with Crippen LogP contribution in [0.1, 0.15) is 21.6 Å². The zero-order valence-electron chi connectivity index (χ0n) is 14.6. The Kier molecular flexibility index (Phi) is 5.38. The van der Waals surface area contributed by atoms with Crippen LogP contribution in [0.3, 0.4) is 0 Å². The fourth-order valence-electron chi connectivity index (χ4n) is 2.34. The van der Waals surface area contributed by atoms with E-state index in [4.69, 9.17) is 4.74 Å². The van der Waals surface area contributed by atoms with E-state index in [0.717, 1.165) is 11.1 Å². The monoisotopic (exact) mass is 349 g/mol. The quantitative estimate of drug-likeness (QED) is 0.711. The summed E-state index contributed by atoms with van der Waals surface area (Å²) in [7, 11) is 1.56. The first-order valence-corrected chi connectivity index (χ1v) is 8.06. The first-order chi connectivity index (χ1) is 12.7. The molecule has 3 aromatic rings. The lowest BCUT2D eigenvalue weighted by atomic mass is 10.2. The second-order valence-corrected chi connectivity index (χ2v) is 5.65. The Morgan fingerprint density at radius 2 is 1.92 bits per heavy atom. The average Bonchev–Trinajstić information content (AvgIpc) is 2.68. The predicted octanol–water partition coefficient (Wildman–Crippen LogP) is 3.05. The van der Waals surface area contributed by atoms with Gasteiger partial charge in [-0.05, 0) is 42.3 Å². The van der Waals surface area contributed by atoms with Crippen molar-refractivity contribution in [1.82, 2.24) is 15.0 Å². The molecule has 0 fully saturated rings. The van der Waals surface area contributed by atoms with Crippen molar-refractivity contribution in [2.75, 3.05) is 17.7 Å². The molecule has 0 radical (unpaired) electrons. The topological polar surface area (TPSA) is 89.0 Å². The molecule has 0 saturated carbocycles. The van der Waals surface area contributed by atoms with Gasteiger partial charge in [0.25, 0.3) is 5.91 Å². The number of aromatic nitrogens is 3. The zero-order valence-corrected chi connectivity index (χ0v) is 14.6. The average molecular weight is 349 g/mol. The minimum absolute atomic E-state index is 0.225. The van der Waals surface area contributed by atoms with Gasteiger partial charge in [-0.25, -0.2) is 9.97 Å². The number of amides is 1. The third-order valence-corrected chi connectivity index (χ3v) is 3.71. The van der Waals surface area contributed by atoms with Gasteiger partial charge in [-0.2, -0.15) is 0 Å². The van der Waals surface area contributed by atoms with Crippen LogP contribution in [0.5, 0.6) is 5.75 Å². The number of nitrogens with one attached hydrogen (secondary N) is 2. The van der Waals surface area contributed by atoms with E-state index in [1.54, 1.807) is 19.5 Å². The summed E-state index contributed by atoms with van der Waals surface area (Å²) < 4.78 is 5.26. The SMILES string of the molecule is COc1ccc(C)cc1NC(=O)c1cnc(NCc2ccncc2)cn1. The maximum absolute atomic E-state index is 12.4. The Balaban J connectivity index is 1.64. The van der Waals surface area contributed by atoms with E-state index < -0.39 is 0 Å². The highest BCUT2D eigenvalue weighted by atomic mass is 16.5. The van der Waals surface area contributed by atoms with Gasteiger partial charge in [0.15, 0.2) is 0 Å². The van der Waals surface area contributed by atoms with E-state index in [2.05, 4.69) is 25.6 Å². The first-order valence-electron chi connectivity index (χ1n) is 8.06. The van der Waals surface area contributed by atoms with Crippen LogP contribution < -0.4 is 15.4 Å². The number of anilines is 2. The highest BCUT2D eigenvalue weighted by Gasteiger charge is 2.12. The number of pyridine rings is 1. The number of rotatable bonds is 6. The summed E-state index contributed by atoms with van der Waals surface area (Å²) in [5.41, 5.74) is 2.92. The molecular weight excluding hydrogens is 330 g/mol. The Morgan fingerprint density at radius 1 is 1.12 bits per heavy atom. The summed E-state index contributed by atoms with van der Waals surface area (Å²) in [6, 6.07) is 9.39. The van der Waals surface area contributed by atoms with Crippen molar-refractivity contribution in [2.45, 2.75) is 13.5 Å². The molecular formula is C19H19N5O2. The van der Waals surface area contributed by atoms with Gasteiger partial charge in [0, 0.05) is 18.9 Å². The van der Waals surface area contributed by atoms with Crippen molar-refractivity contribution in [3.63, 3.8) is 0 Å². The summed E-state index contributed by atoms with van der Waals surface area (Å²) in [4.78, 5) is 24.8. The summed E-state index contributed by atoms with van der Waals surface area (Å²) >= 11 is 0. The molecule has 1 aromatic carbocycles. The van der Waals surface area contributed by atoms with Crippen molar-refractivity contribution in [3.8, 4) is 5.75 Å². The Hall–Kier alpha value is -3.48. The number of aryl methyl sites for hydroxylation is 1. The van der Waals surface area contributed by atoms with Crippen molar-refractivity contribution in [3.05, 3.63) is 71.9 Å². The number of benzene rings is 1. The van der Waals surface area contributed by atoms with Crippen LogP contribution >= 0.6 is 0 Å². The van der Waals surface area contributed by atoms with E-state index in [0.29, 0.717) is 23.8 Å². The molecule has 7 heteroatoms. The number of ether oxygens (including phenoxy) is 1. The lowest BCUT2D eigenvalue weighted by molar-refractivity contribution is 0.102. The molecule has 2 aromatic heterocycles. The fourth-order valence-corrected chi connectivity index (χ4v) is 2.34. The highest BCUT2D eigenvalue weighted by Crippen LogP contribution is 2.25. The molecule has 132 valence electrons. The van der Waals surface area contributed by atoms with Crippen LogP contribution in [0.2, 0.25) is 0 Å². The number of hydrogen-bond acceptors (Lipinski definition) is 6. The highest BCUT2D eigenvalue weighted by molar-refractivity contribution is 6.03. The maximum atomic E-state index is 12.4. The molecule has 0 saturated heterocycles. The summed E-state index contributed by atoms with van der Waals surface area (Å²) in [5.74, 6) is 0.834. The summed E-state index contributed by atoms with van der Waals surface area (Å²) in [5, 5.41) is 5.95. The van der Waals surface area contributed by atoms with Crippen LogP contribution in [-0.2, 0) is 6.54 Å². The third-order valence-electron chi connectivity index (χ3n) is 3.71. The fraction of sp³-hybridized carbons (Fsp3) is 0.158. The van der Waals surface area contributed by atoms with Gasteiger partial charge in [0.05, 0.1) is 25.2 Å². The van der Waals surface area contributed by atoms with Crippen molar-refractivity contribution in [2.24, 2.45) is 0 Å². The predicted molar refractivity (Wildman–Crippen MR) is 99.3 cm³/mol. The smallest absolute Gasteiger partial charge is 0.275 e. The summed E-state index contributed by atoms with van der Waals surface area (Å²) in [6.07, 6.45) is 6.43. The minimum atomic E-state index is -0.345. The molecule has 7 nitrogen and oxygen atoms in total. The van der Waals surface area contributed by atoms with Gasteiger partial charge >= 0.3 is 0 Å². The molecule has 2 heterocycles. The molecule has 0 aliphatic carbocycles. The first kappa shape index (κ1) is 17.3. The van der Waals surface area contributed by atoms with Crippen LogP contribution in [0.25, 0.3) is 0 Å². The van der Waals surface area contributed by atoms with Gasteiger partial charge in [-0.15, -0.1) is 0 Å². The van der Waals surface area contributed by atoms with E-state index in [-0.39, 0.29) is 11.6 Å².